The molecular weight excluding hydrogens is 478 g/mol. The van der Waals surface area contributed by atoms with Crippen LogP contribution in [0.4, 0.5) is 11.5 Å². The first-order valence-electron chi connectivity index (χ1n) is 10.6. The van der Waals surface area contributed by atoms with Gasteiger partial charge in [0, 0.05) is 41.8 Å². The highest BCUT2D eigenvalue weighted by molar-refractivity contribution is 7.91. The Morgan fingerprint density at radius 3 is 2.56 bits per heavy atom. The lowest BCUT2D eigenvalue weighted by atomic mass is 10.1. The van der Waals surface area contributed by atoms with Gasteiger partial charge < -0.3 is 10.6 Å². The maximum Gasteiger partial charge on any atom is 0.311 e. The highest BCUT2D eigenvalue weighted by atomic mass is 32.2. The zero-order valence-electron chi connectivity index (χ0n) is 18.1. The van der Waals surface area contributed by atoms with Crippen molar-refractivity contribution in [2.45, 2.75) is 29.6 Å². The molecule has 0 spiro atoms. The van der Waals surface area contributed by atoms with Crippen LogP contribution in [0.5, 0.6) is 0 Å². The Kier molecular flexibility index (Phi) is 7.20. The number of nitrogens with one attached hydrogen (secondary N) is 2. The Morgan fingerprint density at radius 2 is 1.85 bits per heavy atom. The van der Waals surface area contributed by atoms with E-state index >= 15 is 0 Å². The molecule has 4 rings (SSSR count). The number of aromatic nitrogens is 1. The van der Waals surface area contributed by atoms with Crippen molar-refractivity contribution in [1.29, 1.82) is 0 Å². The second kappa shape index (κ2) is 10.3. The highest BCUT2D eigenvalue weighted by Gasteiger charge is 2.31. The second-order valence-electron chi connectivity index (χ2n) is 7.72. The highest BCUT2D eigenvalue weighted by Crippen LogP contribution is 2.29. The summed E-state index contributed by atoms with van der Waals surface area (Å²) >= 11 is 1.13. The van der Waals surface area contributed by atoms with Gasteiger partial charge in [-0.2, -0.15) is 4.31 Å². The molecule has 0 atom stereocenters. The lowest BCUT2D eigenvalue weighted by Crippen LogP contribution is -2.42. The Hall–Kier alpha value is -3.35. The molecule has 178 valence electrons. The van der Waals surface area contributed by atoms with E-state index < -0.39 is 14.9 Å². The van der Waals surface area contributed by atoms with Crippen LogP contribution >= 0.6 is 11.3 Å². The summed E-state index contributed by atoms with van der Waals surface area (Å²) in [5.74, 6) is -0.0321. The summed E-state index contributed by atoms with van der Waals surface area (Å²) in [7, 11) is -3.66. The van der Waals surface area contributed by atoms with E-state index in [9.17, 15) is 23.3 Å². The number of piperidine rings is 1. The average Bonchev–Trinajstić information content (AvgIpc) is 3.34. The van der Waals surface area contributed by atoms with E-state index in [4.69, 9.17) is 0 Å². The van der Waals surface area contributed by atoms with Gasteiger partial charge in [0.25, 0.3) is 15.9 Å². The molecule has 1 amide bonds. The van der Waals surface area contributed by atoms with Gasteiger partial charge in [0.05, 0.1) is 11.5 Å². The van der Waals surface area contributed by atoms with Crippen LogP contribution in [0.25, 0.3) is 0 Å². The lowest BCUT2D eigenvalue weighted by molar-refractivity contribution is -0.384. The van der Waals surface area contributed by atoms with Crippen LogP contribution in [0, 0.1) is 10.1 Å². The van der Waals surface area contributed by atoms with Crippen LogP contribution in [0.1, 0.15) is 28.1 Å². The van der Waals surface area contributed by atoms with Crippen molar-refractivity contribution in [1.82, 2.24) is 14.6 Å². The largest absolute Gasteiger partial charge is 0.362 e. The van der Waals surface area contributed by atoms with Crippen molar-refractivity contribution < 1.29 is 18.1 Å². The summed E-state index contributed by atoms with van der Waals surface area (Å²) < 4.78 is 27.8. The zero-order valence-corrected chi connectivity index (χ0v) is 19.7. The normalized spacial score (nSPS) is 15.1. The van der Waals surface area contributed by atoms with Crippen LogP contribution in [-0.4, -0.2) is 47.7 Å². The number of carbonyl (C=O) groups is 1. The summed E-state index contributed by atoms with van der Waals surface area (Å²) in [6.07, 6.45) is 2.47. The molecule has 10 nitrogen and oxygen atoms in total. The smallest absolute Gasteiger partial charge is 0.311 e. The Bertz CT molecular complexity index is 1270. The van der Waals surface area contributed by atoms with Gasteiger partial charge in [-0.3, -0.25) is 14.9 Å². The molecule has 0 unspecified atom stereocenters. The first-order valence-corrected chi connectivity index (χ1v) is 12.9. The minimum absolute atomic E-state index is 0.108. The van der Waals surface area contributed by atoms with Crippen LogP contribution in [0.15, 0.2) is 65.0 Å². The lowest BCUT2D eigenvalue weighted by Gasteiger charge is -2.31. The molecule has 34 heavy (non-hydrogen) atoms. The number of hydrogen-bond donors (Lipinski definition) is 2. The summed E-state index contributed by atoms with van der Waals surface area (Å²) in [5.41, 5.74) is 0.433. The Balaban J connectivity index is 1.33. The standard InChI is InChI=1S/C22H23N5O5S2/c28-22(16-5-2-1-3-6-16)24-15-18-8-9-20(33-18)34(31,32)26-13-10-17(11-14-26)25-21-19(27(29)30)7-4-12-23-21/h1-9,12,17H,10-11,13-15H2,(H,23,25)(H,24,28). The molecule has 3 aromatic rings. The van der Waals surface area contributed by atoms with Crippen LogP contribution in [0.3, 0.4) is 0 Å². The van der Waals surface area contributed by atoms with Gasteiger partial charge in [-0.05, 0) is 43.2 Å². The quantitative estimate of drug-likeness (QED) is 0.357. The maximum atomic E-state index is 13.1. The fraction of sp³-hybridized carbons (Fsp3) is 0.273. The van der Waals surface area contributed by atoms with Crippen LogP contribution in [-0.2, 0) is 16.6 Å². The molecule has 1 aromatic carbocycles. The van der Waals surface area contributed by atoms with Gasteiger partial charge in [0.1, 0.15) is 4.21 Å². The number of benzene rings is 1. The number of amides is 1. The summed E-state index contributed by atoms with van der Waals surface area (Å²) in [5, 5.41) is 17.1. The van der Waals surface area contributed by atoms with E-state index in [1.165, 1.54) is 22.6 Å². The third-order valence-corrected chi connectivity index (χ3v) is 8.92. The number of nitro groups is 1. The first-order chi connectivity index (χ1) is 16.3. The van der Waals surface area contributed by atoms with Crippen molar-refractivity contribution in [2.75, 3.05) is 18.4 Å². The number of thiophene rings is 1. The SMILES string of the molecule is O=C(NCc1ccc(S(=O)(=O)N2CCC(Nc3ncccc3[N+](=O)[O-])CC2)s1)c1ccccc1. The van der Waals surface area contributed by atoms with Crippen molar-refractivity contribution in [3.63, 3.8) is 0 Å². The van der Waals surface area contributed by atoms with E-state index in [-0.39, 0.29) is 34.2 Å². The Morgan fingerprint density at radius 1 is 1.12 bits per heavy atom. The van der Waals surface area contributed by atoms with Gasteiger partial charge in [-0.1, -0.05) is 18.2 Å². The maximum absolute atomic E-state index is 13.1. The predicted molar refractivity (Wildman–Crippen MR) is 128 cm³/mol. The fourth-order valence-corrected chi connectivity index (χ4v) is 6.59. The minimum atomic E-state index is -3.66. The predicted octanol–water partition coefficient (Wildman–Crippen LogP) is 3.25. The molecule has 0 radical (unpaired) electrons. The average molecular weight is 502 g/mol. The number of rotatable bonds is 8. The molecule has 0 bridgehead atoms. The number of carbonyl (C=O) groups excluding carboxylic acids is 1. The molecule has 12 heteroatoms. The molecule has 3 heterocycles. The third kappa shape index (κ3) is 5.41. The van der Waals surface area contributed by atoms with E-state index in [0.29, 0.717) is 31.5 Å². The van der Waals surface area contributed by atoms with Crippen molar-refractivity contribution in [2.24, 2.45) is 0 Å². The molecule has 2 aromatic heterocycles. The molecule has 1 aliphatic rings. The Labute approximate surface area is 200 Å². The van der Waals surface area contributed by atoms with Crippen molar-refractivity contribution >= 4 is 38.8 Å². The molecular formula is C22H23N5O5S2. The van der Waals surface area contributed by atoms with Gasteiger partial charge in [-0.15, -0.1) is 11.3 Å². The third-order valence-electron chi connectivity index (χ3n) is 5.47. The number of nitrogens with zero attached hydrogens (tertiary/aromatic N) is 3. The van der Waals surface area contributed by atoms with E-state index in [1.54, 1.807) is 36.4 Å². The number of pyridine rings is 1. The number of hydrogen-bond acceptors (Lipinski definition) is 8. The van der Waals surface area contributed by atoms with Crippen molar-refractivity contribution in [3.05, 3.63) is 81.3 Å². The summed E-state index contributed by atoms with van der Waals surface area (Å²) in [4.78, 5) is 27.7. The summed E-state index contributed by atoms with van der Waals surface area (Å²) in [6.45, 7) is 0.819. The molecule has 0 aliphatic carbocycles. The van der Waals surface area contributed by atoms with Gasteiger partial charge in [0.2, 0.25) is 5.82 Å². The number of sulfonamides is 1. The van der Waals surface area contributed by atoms with Crippen molar-refractivity contribution in [3.8, 4) is 0 Å². The molecule has 0 saturated carbocycles. The van der Waals surface area contributed by atoms with Gasteiger partial charge in [0.15, 0.2) is 0 Å². The van der Waals surface area contributed by atoms with E-state index in [2.05, 4.69) is 15.6 Å². The number of anilines is 1. The van der Waals surface area contributed by atoms with Gasteiger partial charge in [-0.25, -0.2) is 13.4 Å². The fourth-order valence-electron chi connectivity index (χ4n) is 3.67. The van der Waals surface area contributed by atoms with Crippen LogP contribution < -0.4 is 10.6 Å². The molecule has 1 aliphatic heterocycles. The molecule has 1 fully saturated rings. The molecule has 1 saturated heterocycles. The first kappa shape index (κ1) is 23.8. The molecule has 2 N–H and O–H groups in total. The zero-order chi connectivity index (χ0) is 24.1. The topological polar surface area (TPSA) is 135 Å². The van der Waals surface area contributed by atoms with E-state index in [1.807, 2.05) is 6.07 Å². The monoisotopic (exact) mass is 501 g/mol. The second-order valence-corrected chi connectivity index (χ2v) is 11.1. The van der Waals surface area contributed by atoms with Crippen LogP contribution in [0.2, 0.25) is 0 Å². The van der Waals surface area contributed by atoms with E-state index in [0.717, 1.165) is 16.2 Å². The minimum Gasteiger partial charge on any atom is -0.362 e. The van der Waals surface area contributed by atoms with Gasteiger partial charge >= 0.3 is 5.69 Å². The summed E-state index contributed by atoms with van der Waals surface area (Å²) in [6, 6.07) is 14.8.